The predicted molar refractivity (Wildman–Crippen MR) is 122 cm³/mol. The molecule has 4 aromatic rings. The van der Waals surface area contributed by atoms with Gasteiger partial charge >= 0.3 is 11.7 Å². The van der Waals surface area contributed by atoms with Gasteiger partial charge in [0.25, 0.3) is 5.91 Å². The van der Waals surface area contributed by atoms with E-state index in [2.05, 4.69) is 20.3 Å². The fraction of sp³-hybridized carbons (Fsp3) is 0.273. The molecule has 0 aliphatic heterocycles. The number of nitrogen functional groups attached to an aromatic ring is 1. The molecule has 33 heavy (non-hydrogen) atoms. The number of anilines is 1. The molecule has 0 unspecified atom stereocenters. The first-order valence-corrected chi connectivity index (χ1v) is 10.4. The lowest BCUT2D eigenvalue weighted by Gasteiger charge is -2.08. The highest BCUT2D eigenvalue weighted by Crippen LogP contribution is 2.18. The molecule has 0 bridgehead atoms. The first-order valence-electron chi connectivity index (χ1n) is 10.4. The minimum Gasteiger partial charge on any atom is -0.461 e. The molecule has 0 radical (unpaired) electrons. The van der Waals surface area contributed by atoms with E-state index in [1.165, 1.54) is 4.57 Å². The van der Waals surface area contributed by atoms with Crippen LogP contribution < -0.4 is 21.5 Å². The van der Waals surface area contributed by atoms with Crippen molar-refractivity contribution in [2.24, 2.45) is 0 Å². The molecule has 4 N–H and O–H groups in total. The molecule has 3 aromatic heterocycles. The topological polar surface area (TPSA) is 142 Å². The summed E-state index contributed by atoms with van der Waals surface area (Å²) in [6.45, 7) is 2.08. The van der Waals surface area contributed by atoms with Crippen molar-refractivity contribution in [1.29, 1.82) is 0 Å². The Kier molecular flexibility index (Phi) is 6.69. The van der Waals surface area contributed by atoms with E-state index in [1.54, 1.807) is 31.4 Å². The molecular formula is C22H25N7O4. The molecule has 0 spiro atoms. The molecular weight excluding hydrogens is 426 g/mol. The number of hydrogen-bond donors (Lipinski definition) is 3. The SMILES string of the molecule is COCCOc1nc(N)c2[nH]c(=O)n(Cc3ccc(C(=O)NCCn4cccc4)cc3)c2n1. The van der Waals surface area contributed by atoms with Crippen LogP contribution in [0, 0.1) is 0 Å². The van der Waals surface area contributed by atoms with Crippen molar-refractivity contribution in [2.75, 3.05) is 32.6 Å². The number of hydrogen-bond acceptors (Lipinski definition) is 7. The summed E-state index contributed by atoms with van der Waals surface area (Å²) in [6.07, 6.45) is 3.89. The molecule has 0 aliphatic carbocycles. The third-order valence-corrected chi connectivity index (χ3v) is 5.03. The van der Waals surface area contributed by atoms with Gasteiger partial charge in [-0.15, -0.1) is 0 Å². The number of ether oxygens (including phenoxy) is 2. The van der Waals surface area contributed by atoms with Crippen LogP contribution in [0.15, 0.2) is 53.6 Å². The minimum absolute atomic E-state index is 0.0664. The fourth-order valence-electron chi connectivity index (χ4n) is 3.32. The second kappa shape index (κ2) is 10.0. The van der Waals surface area contributed by atoms with Crippen molar-refractivity contribution in [1.82, 2.24) is 29.4 Å². The third-order valence-electron chi connectivity index (χ3n) is 5.03. The first-order chi connectivity index (χ1) is 16.0. The number of benzene rings is 1. The number of carbonyl (C=O) groups is 1. The number of nitrogens with zero attached hydrogens (tertiary/aromatic N) is 4. The van der Waals surface area contributed by atoms with Crippen LogP contribution in [0.4, 0.5) is 5.82 Å². The van der Waals surface area contributed by atoms with Crippen molar-refractivity contribution in [3.63, 3.8) is 0 Å². The molecule has 0 aliphatic rings. The Hall–Kier alpha value is -4.12. The van der Waals surface area contributed by atoms with Crippen LogP contribution in [-0.2, 0) is 17.8 Å². The van der Waals surface area contributed by atoms with E-state index in [0.29, 0.717) is 36.4 Å². The van der Waals surface area contributed by atoms with Crippen LogP contribution in [0.3, 0.4) is 0 Å². The molecule has 1 aromatic carbocycles. The van der Waals surface area contributed by atoms with E-state index in [9.17, 15) is 9.59 Å². The van der Waals surface area contributed by atoms with Gasteiger partial charge in [-0.05, 0) is 29.8 Å². The lowest BCUT2D eigenvalue weighted by Crippen LogP contribution is -2.27. The van der Waals surface area contributed by atoms with Crippen molar-refractivity contribution < 1.29 is 14.3 Å². The summed E-state index contributed by atoms with van der Waals surface area (Å²) in [7, 11) is 1.56. The number of methoxy groups -OCH3 is 1. The zero-order valence-electron chi connectivity index (χ0n) is 18.2. The van der Waals surface area contributed by atoms with Crippen LogP contribution in [0.5, 0.6) is 6.01 Å². The summed E-state index contributed by atoms with van der Waals surface area (Å²) in [6, 6.07) is 11.0. The van der Waals surface area contributed by atoms with Gasteiger partial charge in [0.1, 0.15) is 12.1 Å². The Labute approximate surface area is 189 Å². The van der Waals surface area contributed by atoms with Gasteiger partial charge in [-0.3, -0.25) is 9.36 Å². The maximum Gasteiger partial charge on any atom is 0.328 e. The number of aromatic amines is 1. The van der Waals surface area contributed by atoms with Gasteiger partial charge in [0.15, 0.2) is 11.5 Å². The van der Waals surface area contributed by atoms with E-state index >= 15 is 0 Å². The third kappa shape index (κ3) is 5.21. The predicted octanol–water partition coefficient (Wildman–Crippen LogP) is 1.01. The highest BCUT2D eigenvalue weighted by Gasteiger charge is 2.15. The highest BCUT2D eigenvalue weighted by atomic mass is 16.5. The number of rotatable bonds is 10. The van der Waals surface area contributed by atoms with E-state index in [1.807, 2.05) is 29.1 Å². The normalized spacial score (nSPS) is 11.1. The Morgan fingerprint density at radius 3 is 2.64 bits per heavy atom. The standard InChI is InChI=1S/C22H25N7O4/c1-32-12-13-33-21-26-18(23)17-19(27-21)29(22(31)25-17)14-15-4-6-16(7-5-15)20(30)24-8-11-28-9-2-3-10-28/h2-7,9-10H,8,11-14H2,1H3,(H,24,30)(H,25,31)(H2,23,26,27). The summed E-state index contributed by atoms with van der Waals surface area (Å²) >= 11 is 0. The van der Waals surface area contributed by atoms with Crippen molar-refractivity contribution >= 4 is 22.9 Å². The van der Waals surface area contributed by atoms with Gasteiger partial charge in [0.05, 0.1) is 13.2 Å². The fourth-order valence-corrected chi connectivity index (χ4v) is 3.32. The number of aromatic nitrogens is 5. The summed E-state index contributed by atoms with van der Waals surface area (Å²) in [5.74, 6) is -0.0356. The maximum absolute atomic E-state index is 12.5. The molecule has 0 atom stereocenters. The number of fused-ring (bicyclic) bond motifs is 1. The smallest absolute Gasteiger partial charge is 0.328 e. The van der Waals surface area contributed by atoms with Crippen molar-refractivity contribution in [3.8, 4) is 6.01 Å². The van der Waals surface area contributed by atoms with Gasteiger partial charge in [0, 0.05) is 38.2 Å². The van der Waals surface area contributed by atoms with Crippen molar-refractivity contribution in [2.45, 2.75) is 13.1 Å². The quantitative estimate of drug-likeness (QED) is 0.305. The summed E-state index contributed by atoms with van der Waals surface area (Å²) in [5.41, 5.74) is 7.65. The maximum atomic E-state index is 12.5. The molecule has 1 amide bonds. The summed E-state index contributed by atoms with van der Waals surface area (Å²) in [5, 5.41) is 2.90. The van der Waals surface area contributed by atoms with E-state index in [-0.39, 0.29) is 36.6 Å². The largest absolute Gasteiger partial charge is 0.461 e. The number of H-pyrrole nitrogens is 1. The van der Waals surface area contributed by atoms with Gasteiger partial charge in [-0.25, -0.2) is 4.79 Å². The van der Waals surface area contributed by atoms with Gasteiger partial charge in [-0.1, -0.05) is 12.1 Å². The average Bonchev–Trinajstić information content (AvgIpc) is 3.43. The van der Waals surface area contributed by atoms with E-state index < -0.39 is 0 Å². The zero-order valence-corrected chi connectivity index (χ0v) is 18.2. The van der Waals surface area contributed by atoms with Gasteiger partial charge in [-0.2, -0.15) is 9.97 Å². The lowest BCUT2D eigenvalue weighted by molar-refractivity contribution is 0.0952. The Morgan fingerprint density at radius 2 is 1.91 bits per heavy atom. The van der Waals surface area contributed by atoms with Crippen LogP contribution in [0.25, 0.3) is 11.2 Å². The highest BCUT2D eigenvalue weighted by molar-refractivity contribution is 5.94. The number of nitrogens with two attached hydrogens (primary N) is 1. The molecule has 4 rings (SSSR count). The minimum atomic E-state index is -0.369. The number of carbonyl (C=O) groups excluding carboxylic acids is 1. The summed E-state index contributed by atoms with van der Waals surface area (Å²) in [4.78, 5) is 36.0. The molecule has 11 heteroatoms. The molecule has 3 heterocycles. The second-order valence-corrected chi connectivity index (χ2v) is 7.32. The van der Waals surface area contributed by atoms with Crippen LogP contribution in [-0.4, -0.2) is 56.9 Å². The molecule has 0 fully saturated rings. The van der Waals surface area contributed by atoms with Gasteiger partial charge in [0.2, 0.25) is 0 Å². The molecule has 172 valence electrons. The number of imidazole rings is 1. The average molecular weight is 451 g/mol. The second-order valence-electron chi connectivity index (χ2n) is 7.32. The van der Waals surface area contributed by atoms with Crippen LogP contribution in [0.2, 0.25) is 0 Å². The zero-order chi connectivity index (χ0) is 23.2. The first kappa shape index (κ1) is 22.1. The van der Waals surface area contributed by atoms with Gasteiger partial charge < -0.3 is 30.1 Å². The lowest BCUT2D eigenvalue weighted by atomic mass is 10.1. The number of nitrogens with one attached hydrogen (secondary N) is 2. The number of amides is 1. The van der Waals surface area contributed by atoms with E-state index in [0.717, 1.165) is 5.56 Å². The molecule has 11 nitrogen and oxygen atoms in total. The summed E-state index contributed by atoms with van der Waals surface area (Å²) < 4.78 is 13.8. The molecule has 0 saturated heterocycles. The Morgan fingerprint density at radius 1 is 1.15 bits per heavy atom. The van der Waals surface area contributed by atoms with Crippen LogP contribution in [0.1, 0.15) is 15.9 Å². The van der Waals surface area contributed by atoms with Crippen LogP contribution >= 0.6 is 0 Å². The Bertz CT molecular complexity index is 1280. The molecule has 0 saturated carbocycles. The van der Waals surface area contributed by atoms with E-state index in [4.69, 9.17) is 15.2 Å². The Balaban J connectivity index is 1.45. The monoisotopic (exact) mass is 451 g/mol. The van der Waals surface area contributed by atoms with Crippen molar-refractivity contribution in [3.05, 3.63) is 70.4 Å².